The van der Waals surface area contributed by atoms with Gasteiger partial charge in [0.1, 0.15) is 17.9 Å². The lowest BCUT2D eigenvalue weighted by Crippen LogP contribution is -2.55. The van der Waals surface area contributed by atoms with E-state index in [-0.39, 0.29) is 23.9 Å². The topological polar surface area (TPSA) is 114 Å². The number of nitro groups is 1. The SMILES string of the molecule is CC(C)(C(=O)N1CCN(C(=O)Cc2ccccn2)CC1)n1cc([N+](=O)[O-])cn1. The van der Waals surface area contributed by atoms with Crippen molar-refractivity contribution in [1.82, 2.24) is 24.6 Å². The van der Waals surface area contributed by atoms with Crippen LogP contribution in [0.3, 0.4) is 0 Å². The van der Waals surface area contributed by atoms with Gasteiger partial charge in [0, 0.05) is 38.1 Å². The molecule has 3 heterocycles. The fraction of sp³-hybridized carbons (Fsp3) is 0.444. The van der Waals surface area contributed by atoms with Crippen LogP contribution in [0.2, 0.25) is 0 Å². The van der Waals surface area contributed by atoms with E-state index < -0.39 is 10.5 Å². The van der Waals surface area contributed by atoms with Crippen LogP contribution in [0.5, 0.6) is 0 Å². The van der Waals surface area contributed by atoms with Crippen molar-refractivity contribution in [2.45, 2.75) is 25.8 Å². The van der Waals surface area contributed by atoms with E-state index in [9.17, 15) is 19.7 Å². The monoisotopic (exact) mass is 386 g/mol. The first-order chi connectivity index (χ1) is 13.3. The number of hydrogen-bond donors (Lipinski definition) is 0. The van der Waals surface area contributed by atoms with Gasteiger partial charge in [0.15, 0.2) is 0 Å². The highest BCUT2D eigenvalue weighted by molar-refractivity contribution is 5.84. The third-order valence-corrected chi connectivity index (χ3v) is 4.85. The van der Waals surface area contributed by atoms with E-state index in [0.717, 1.165) is 6.20 Å². The highest BCUT2D eigenvalue weighted by Crippen LogP contribution is 2.22. The lowest BCUT2D eigenvalue weighted by atomic mass is 10.0. The minimum atomic E-state index is -1.06. The van der Waals surface area contributed by atoms with Gasteiger partial charge in [-0.25, -0.2) is 0 Å². The number of carbonyl (C=O) groups excluding carboxylic acids is 2. The first kappa shape index (κ1) is 19.5. The van der Waals surface area contributed by atoms with Crippen LogP contribution in [0, 0.1) is 10.1 Å². The molecule has 10 nitrogen and oxygen atoms in total. The first-order valence-electron chi connectivity index (χ1n) is 8.95. The molecule has 1 aliphatic heterocycles. The molecule has 0 aliphatic carbocycles. The molecule has 0 unspecified atom stereocenters. The van der Waals surface area contributed by atoms with Crippen LogP contribution < -0.4 is 0 Å². The van der Waals surface area contributed by atoms with E-state index in [4.69, 9.17) is 0 Å². The molecule has 0 N–H and O–H groups in total. The second-order valence-electron chi connectivity index (χ2n) is 7.13. The van der Waals surface area contributed by atoms with Gasteiger partial charge in [0.25, 0.3) is 0 Å². The Kier molecular flexibility index (Phi) is 5.39. The average molecular weight is 386 g/mol. The molecule has 2 aromatic heterocycles. The molecule has 1 aliphatic rings. The molecule has 148 valence electrons. The molecular formula is C18H22N6O4. The second-order valence-corrected chi connectivity index (χ2v) is 7.13. The van der Waals surface area contributed by atoms with Gasteiger partial charge < -0.3 is 9.80 Å². The van der Waals surface area contributed by atoms with Crippen molar-refractivity contribution in [1.29, 1.82) is 0 Å². The summed E-state index contributed by atoms with van der Waals surface area (Å²) >= 11 is 0. The third kappa shape index (κ3) is 4.00. The Morgan fingerprint density at radius 2 is 1.86 bits per heavy atom. The van der Waals surface area contributed by atoms with Crippen molar-refractivity contribution in [2.24, 2.45) is 0 Å². The number of piperazine rings is 1. The number of hydrogen-bond acceptors (Lipinski definition) is 6. The third-order valence-electron chi connectivity index (χ3n) is 4.85. The summed E-state index contributed by atoms with van der Waals surface area (Å²) in [7, 11) is 0. The number of rotatable bonds is 5. The van der Waals surface area contributed by atoms with Crippen LogP contribution in [0.4, 0.5) is 5.69 Å². The van der Waals surface area contributed by atoms with Crippen LogP contribution in [0.15, 0.2) is 36.8 Å². The number of amides is 2. The lowest BCUT2D eigenvalue weighted by Gasteiger charge is -2.38. The molecule has 0 aromatic carbocycles. The molecule has 0 bridgehead atoms. The molecule has 0 radical (unpaired) electrons. The summed E-state index contributed by atoms with van der Waals surface area (Å²) < 4.78 is 1.31. The van der Waals surface area contributed by atoms with Crippen LogP contribution in [-0.4, -0.2) is 67.5 Å². The van der Waals surface area contributed by atoms with Crippen LogP contribution in [-0.2, 0) is 21.5 Å². The summed E-state index contributed by atoms with van der Waals surface area (Å²) in [5.41, 5.74) is -0.507. The Balaban J connectivity index is 1.59. The summed E-state index contributed by atoms with van der Waals surface area (Å²) in [5, 5.41) is 14.8. The van der Waals surface area contributed by atoms with Crippen molar-refractivity contribution >= 4 is 17.5 Å². The molecular weight excluding hydrogens is 364 g/mol. The zero-order chi connectivity index (χ0) is 20.3. The normalized spacial score (nSPS) is 14.8. The summed E-state index contributed by atoms with van der Waals surface area (Å²) in [6, 6.07) is 5.45. The molecule has 1 fully saturated rings. The minimum absolute atomic E-state index is 0.0206. The molecule has 28 heavy (non-hydrogen) atoms. The summed E-state index contributed by atoms with van der Waals surface area (Å²) in [5.74, 6) is -0.213. The highest BCUT2D eigenvalue weighted by Gasteiger charge is 2.37. The fourth-order valence-electron chi connectivity index (χ4n) is 3.13. The maximum Gasteiger partial charge on any atom is 0.307 e. The standard InChI is InChI=1S/C18H22N6O4/c1-18(2,23-13-15(12-20-23)24(27)28)17(26)22-9-7-21(8-10-22)16(25)11-14-5-3-4-6-19-14/h3-6,12-13H,7-11H2,1-2H3. The van der Waals surface area contributed by atoms with Crippen molar-refractivity contribution in [3.05, 3.63) is 52.6 Å². The van der Waals surface area contributed by atoms with Gasteiger partial charge in [0.05, 0.1) is 11.3 Å². The number of carbonyl (C=O) groups is 2. The Morgan fingerprint density at radius 1 is 1.18 bits per heavy atom. The molecule has 3 rings (SSSR count). The molecule has 0 atom stereocenters. The maximum absolute atomic E-state index is 12.9. The highest BCUT2D eigenvalue weighted by atomic mass is 16.6. The van der Waals surface area contributed by atoms with E-state index in [1.54, 1.807) is 35.9 Å². The molecule has 1 saturated heterocycles. The Hall–Kier alpha value is -3.30. The van der Waals surface area contributed by atoms with Crippen LogP contribution in [0.25, 0.3) is 0 Å². The Bertz CT molecular complexity index is 871. The molecule has 10 heteroatoms. The van der Waals surface area contributed by atoms with Gasteiger partial charge in [0.2, 0.25) is 11.8 Å². The van der Waals surface area contributed by atoms with E-state index in [2.05, 4.69) is 10.1 Å². The summed E-state index contributed by atoms with van der Waals surface area (Å²) in [4.78, 5) is 43.3. The van der Waals surface area contributed by atoms with Crippen molar-refractivity contribution in [3.63, 3.8) is 0 Å². The van der Waals surface area contributed by atoms with Crippen molar-refractivity contribution < 1.29 is 14.5 Å². The van der Waals surface area contributed by atoms with E-state index >= 15 is 0 Å². The second kappa shape index (κ2) is 7.75. The van der Waals surface area contributed by atoms with Gasteiger partial charge in [-0.05, 0) is 26.0 Å². The predicted octanol–water partition coefficient (Wildman–Crippen LogP) is 0.835. The number of nitrogens with zero attached hydrogens (tertiary/aromatic N) is 6. The number of aromatic nitrogens is 3. The van der Waals surface area contributed by atoms with Gasteiger partial charge >= 0.3 is 5.69 Å². The average Bonchev–Trinajstić information content (AvgIpc) is 3.20. The largest absolute Gasteiger partial charge is 0.339 e. The molecule has 0 spiro atoms. The Labute approximate surface area is 161 Å². The zero-order valence-corrected chi connectivity index (χ0v) is 15.8. The van der Waals surface area contributed by atoms with Gasteiger partial charge in [-0.3, -0.25) is 29.4 Å². The first-order valence-corrected chi connectivity index (χ1v) is 8.95. The smallest absolute Gasteiger partial charge is 0.307 e. The van der Waals surface area contributed by atoms with Crippen LogP contribution in [0.1, 0.15) is 19.5 Å². The van der Waals surface area contributed by atoms with E-state index in [1.807, 2.05) is 12.1 Å². The number of pyridine rings is 1. The van der Waals surface area contributed by atoms with Gasteiger partial charge in [-0.2, -0.15) is 5.10 Å². The van der Waals surface area contributed by atoms with E-state index in [0.29, 0.717) is 31.9 Å². The summed E-state index contributed by atoms with van der Waals surface area (Å²) in [6.07, 6.45) is 4.27. The molecule has 2 amide bonds. The van der Waals surface area contributed by atoms with Gasteiger partial charge in [-0.15, -0.1) is 0 Å². The zero-order valence-electron chi connectivity index (χ0n) is 15.8. The van der Waals surface area contributed by atoms with Crippen molar-refractivity contribution in [2.75, 3.05) is 26.2 Å². The fourth-order valence-corrected chi connectivity index (χ4v) is 3.13. The molecule has 2 aromatic rings. The van der Waals surface area contributed by atoms with Crippen LogP contribution >= 0.6 is 0 Å². The lowest BCUT2D eigenvalue weighted by molar-refractivity contribution is -0.385. The Morgan fingerprint density at radius 3 is 2.43 bits per heavy atom. The quantitative estimate of drug-likeness (QED) is 0.555. The summed E-state index contributed by atoms with van der Waals surface area (Å²) in [6.45, 7) is 5.02. The van der Waals surface area contributed by atoms with Gasteiger partial charge in [-0.1, -0.05) is 6.07 Å². The molecule has 0 saturated carbocycles. The minimum Gasteiger partial charge on any atom is -0.339 e. The predicted molar refractivity (Wildman–Crippen MR) is 99.3 cm³/mol. The van der Waals surface area contributed by atoms with E-state index in [1.165, 1.54) is 10.9 Å². The maximum atomic E-state index is 12.9. The van der Waals surface area contributed by atoms with Crippen molar-refractivity contribution in [3.8, 4) is 0 Å².